The highest BCUT2D eigenvalue weighted by Crippen LogP contribution is 2.35. The van der Waals surface area contributed by atoms with Crippen LogP contribution in [0.5, 0.6) is 0 Å². The van der Waals surface area contributed by atoms with E-state index in [1.54, 1.807) is 0 Å². The quantitative estimate of drug-likeness (QED) is 0.766. The summed E-state index contributed by atoms with van der Waals surface area (Å²) < 4.78 is 0. The minimum Gasteiger partial charge on any atom is -0.339 e. The molecule has 0 spiro atoms. The fourth-order valence-electron chi connectivity index (χ4n) is 4.36. The maximum atomic E-state index is 12.6. The molecule has 2 fully saturated rings. The van der Waals surface area contributed by atoms with E-state index in [2.05, 4.69) is 15.5 Å². The third-order valence-electron chi connectivity index (χ3n) is 5.71. The molecule has 2 unspecified atom stereocenters. The Hall–Kier alpha value is -2.04. The summed E-state index contributed by atoms with van der Waals surface area (Å²) in [5, 5.41) is 5.69. The lowest BCUT2D eigenvalue weighted by Crippen LogP contribution is -2.49. The Morgan fingerprint density at radius 1 is 1.00 bits per heavy atom. The Labute approximate surface area is 156 Å². The van der Waals surface area contributed by atoms with Crippen molar-refractivity contribution in [1.82, 2.24) is 15.5 Å². The summed E-state index contributed by atoms with van der Waals surface area (Å²) in [5.74, 6) is 0.997. The smallest absolute Gasteiger partial charge is 0.315 e. The molecule has 1 aliphatic carbocycles. The van der Waals surface area contributed by atoms with Crippen LogP contribution < -0.4 is 10.6 Å². The van der Waals surface area contributed by atoms with Crippen molar-refractivity contribution in [3.8, 4) is 0 Å². The molecule has 2 N–H and O–H groups in total. The summed E-state index contributed by atoms with van der Waals surface area (Å²) in [4.78, 5) is 26.6. The first-order valence-corrected chi connectivity index (χ1v) is 10.1. The van der Waals surface area contributed by atoms with E-state index >= 15 is 0 Å². The van der Waals surface area contributed by atoms with Crippen LogP contribution in [0, 0.1) is 5.92 Å². The number of hydrogen-bond donors (Lipinski definition) is 2. The molecule has 2 aliphatic rings. The van der Waals surface area contributed by atoms with Gasteiger partial charge in [0.15, 0.2) is 0 Å². The second-order valence-electron chi connectivity index (χ2n) is 7.54. The number of carbonyl (C=O) groups excluding carboxylic acids is 2. The Bertz CT molecular complexity index is 588. The molecule has 1 heterocycles. The molecule has 142 valence electrons. The molecule has 1 saturated carbocycles. The van der Waals surface area contributed by atoms with Gasteiger partial charge in [0.2, 0.25) is 5.91 Å². The van der Waals surface area contributed by atoms with Gasteiger partial charge >= 0.3 is 6.03 Å². The van der Waals surface area contributed by atoms with Crippen molar-refractivity contribution in [2.24, 2.45) is 5.92 Å². The van der Waals surface area contributed by atoms with E-state index in [0.29, 0.717) is 32.0 Å². The summed E-state index contributed by atoms with van der Waals surface area (Å²) in [6.45, 7) is 1.97. The van der Waals surface area contributed by atoms with Gasteiger partial charge in [-0.15, -0.1) is 0 Å². The van der Waals surface area contributed by atoms with Gasteiger partial charge < -0.3 is 15.5 Å². The van der Waals surface area contributed by atoms with Crippen molar-refractivity contribution >= 4 is 11.9 Å². The monoisotopic (exact) mass is 357 g/mol. The number of amides is 3. The fraction of sp³-hybridized carbons (Fsp3) is 0.619. The predicted octanol–water partition coefficient (Wildman–Crippen LogP) is 3.45. The van der Waals surface area contributed by atoms with Crippen LogP contribution >= 0.6 is 0 Å². The van der Waals surface area contributed by atoms with E-state index in [1.165, 1.54) is 32.1 Å². The van der Waals surface area contributed by atoms with E-state index < -0.39 is 0 Å². The van der Waals surface area contributed by atoms with Gasteiger partial charge in [0, 0.05) is 32.1 Å². The summed E-state index contributed by atoms with van der Waals surface area (Å²) >= 11 is 0. The molecule has 1 saturated heterocycles. The molecule has 1 aliphatic heterocycles. The van der Waals surface area contributed by atoms with Crippen LogP contribution in [0.3, 0.4) is 0 Å². The van der Waals surface area contributed by atoms with E-state index in [-0.39, 0.29) is 11.9 Å². The number of piperidine rings is 1. The zero-order valence-electron chi connectivity index (χ0n) is 15.6. The number of nitrogens with zero attached hydrogens (tertiary/aromatic N) is 1. The molecule has 3 rings (SSSR count). The molecular weight excluding hydrogens is 326 g/mol. The van der Waals surface area contributed by atoms with Crippen LogP contribution in [-0.4, -0.2) is 36.0 Å². The summed E-state index contributed by atoms with van der Waals surface area (Å²) in [6, 6.07) is 10.1. The van der Waals surface area contributed by atoms with Gasteiger partial charge in [-0.2, -0.15) is 0 Å². The Balaban J connectivity index is 1.32. The van der Waals surface area contributed by atoms with E-state index in [0.717, 1.165) is 24.4 Å². The number of likely N-dealkylation sites (tertiary alicyclic amines) is 1. The van der Waals surface area contributed by atoms with Crippen LogP contribution in [0.15, 0.2) is 30.3 Å². The molecule has 0 aromatic heterocycles. The van der Waals surface area contributed by atoms with Crippen molar-refractivity contribution in [1.29, 1.82) is 0 Å². The second-order valence-corrected chi connectivity index (χ2v) is 7.54. The third kappa shape index (κ3) is 5.23. The van der Waals surface area contributed by atoms with Gasteiger partial charge in [-0.25, -0.2) is 4.79 Å². The van der Waals surface area contributed by atoms with Gasteiger partial charge in [-0.3, -0.25) is 4.79 Å². The van der Waals surface area contributed by atoms with Crippen LogP contribution in [0.25, 0.3) is 0 Å². The van der Waals surface area contributed by atoms with Crippen LogP contribution in [0.4, 0.5) is 4.79 Å². The average molecular weight is 357 g/mol. The van der Waals surface area contributed by atoms with Gasteiger partial charge in [0.05, 0.1) is 0 Å². The predicted molar refractivity (Wildman–Crippen MR) is 103 cm³/mol. The van der Waals surface area contributed by atoms with Gasteiger partial charge in [-0.05, 0) is 43.6 Å². The standard InChI is InChI=1S/C21H31N3O2/c25-20(24-15-7-11-18-10-4-5-12-19(18)24)13-6-14-22-21(26)23-16-17-8-2-1-3-9-17/h1-3,8-9,18-19H,4-7,10-16H2,(H2,22,23,26). The number of benzene rings is 1. The average Bonchev–Trinajstić information content (AvgIpc) is 2.70. The first-order valence-electron chi connectivity index (χ1n) is 10.1. The normalized spacial score (nSPS) is 22.4. The summed E-state index contributed by atoms with van der Waals surface area (Å²) in [5.41, 5.74) is 1.07. The van der Waals surface area contributed by atoms with E-state index in [9.17, 15) is 9.59 Å². The lowest BCUT2D eigenvalue weighted by atomic mass is 9.78. The Morgan fingerprint density at radius 2 is 1.77 bits per heavy atom. The number of carbonyl (C=O) groups is 2. The van der Waals surface area contributed by atoms with Crippen molar-refractivity contribution in [2.75, 3.05) is 13.1 Å². The van der Waals surface area contributed by atoms with Crippen LogP contribution in [0.1, 0.15) is 56.9 Å². The summed E-state index contributed by atoms with van der Waals surface area (Å²) in [6.07, 6.45) is 8.71. The molecule has 26 heavy (non-hydrogen) atoms. The second kappa shape index (κ2) is 9.60. The molecular formula is C21H31N3O2. The minimum absolute atomic E-state index is 0.174. The van der Waals surface area contributed by atoms with Crippen molar-refractivity contribution < 1.29 is 9.59 Å². The van der Waals surface area contributed by atoms with E-state index in [1.807, 2.05) is 30.3 Å². The topological polar surface area (TPSA) is 61.4 Å². The molecule has 2 atom stereocenters. The fourth-order valence-corrected chi connectivity index (χ4v) is 4.36. The number of urea groups is 1. The molecule has 0 radical (unpaired) electrons. The van der Waals surface area contributed by atoms with Crippen molar-refractivity contribution in [3.63, 3.8) is 0 Å². The van der Waals surface area contributed by atoms with Crippen molar-refractivity contribution in [3.05, 3.63) is 35.9 Å². The first-order chi connectivity index (χ1) is 12.7. The largest absolute Gasteiger partial charge is 0.339 e. The lowest BCUT2D eigenvalue weighted by Gasteiger charge is -2.44. The van der Waals surface area contributed by atoms with E-state index in [4.69, 9.17) is 0 Å². The van der Waals surface area contributed by atoms with Crippen LogP contribution in [-0.2, 0) is 11.3 Å². The highest BCUT2D eigenvalue weighted by molar-refractivity contribution is 5.77. The maximum absolute atomic E-state index is 12.6. The minimum atomic E-state index is -0.174. The highest BCUT2D eigenvalue weighted by atomic mass is 16.2. The van der Waals surface area contributed by atoms with Gasteiger partial charge in [-0.1, -0.05) is 43.2 Å². The highest BCUT2D eigenvalue weighted by Gasteiger charge is 2.35. The lowest BCUT2D eigenvalue weighted by molar-refractivity contribution is -0.137. The SMILES string of the molecule is O=C(NCCCC(=O)N1CCCC2CCCCC21)NCc1ccccc1. The Kier molecular flexibility index (Phi) is 6.92. The number of rotatable bonds is 6. The zero-order valence-corrected chi connectivity index (χ0v) is 15.6. The molecule has 5 heteroatoms. The zero-order chi connectivity index (χ0) is 18.2. The maximum Gasteiger partial charge on any atom is 0.315 e. The number of hydrogen-bond acceptors (Lipinski definition) is 2. The third-order valence-corrected chi connectivity index (χ3v) is 5.71. The number of nitrogens with one attached hydrogen (secondary N) is 2. The molecule has 0 bridgehead atoms. The number of fused-ring (bicyclic) bond motifs is 1. The molecule has 1 aromatic carbocycles. The summed E-state index contributed by atoms with van der Waals surface area (Å²) in [7, 11) is 0. The molecule has 1 aromatic rings. The first kappa shape index (κ1) is 18.7. The van der Waals surface area contributed by atoms with Crippen LogP contribution in [0.2, 0.25) is 0 Å². The van der Waals surface area contributed by atoms with Crippen molar-refractivity contribution in [2.45, 2.75) is 64.0 Å². The van der Waals surface area contributed by atoms with Gasteiger partial charge in [0.1, 0.15) is 0 Å². The molecule has 5 nitrogen and oxygen atoms in total. The Morgan fingerprint density at radius 3 is 2.62 bits per heavy atom. The van der Waals surface area contributed by atoms with Gasteiger partial charge in [0.25, 0.3) is 0 Å². The molecule has 3 amide bonds.